The van der Waals surface area contributed by atoms with Crippen LogP contribution in [0.3, 0.4) is 0 Å². The SMILES string of the molecule is Cc1c(-c2cccc[n+]2C)cc2oc3nc(F)ccc3c2c1F. The van der Waals surface area contributed by atoms with Gasteiger partial charge in [-0.3, -0.25) is 0 Å². The molecule has 114 valence electrons. The molecule has 0 N–H and O–H groups in total. The largest absolute Gasteiger partial charge is 0.437 e. The summed E-state index contributed by atoms with van der Waals surface area (Å²) < 4.78 is 35.7. The van der Waals surface area contributed by atoms with Crippen molar-refractivity contribution in [3.05, 3.63) is 59.9 Å². The summed E-state index contributed by atoms with van der Waals surface area (Å²) >= 11 is 0. The highest BCUT2D eigenvalue weighted by molar-refractivity contribution is 6.05. The lowest BCUT2D eigenvalue weighted by atomic mass is 10.0. The average Bonchev–Trinajstić information content (AvgIpc) is 2.89. The number of rotatable bonds is 1. The molecule has 0 fully saturated rings. The van der Waals surface area contributed by atoms with E-state index in [0.717, 1.165) is 11.3 Å². The van der Waals surface area contributed by atoms with Gasteiger partial charge >= 0.3 is 0 Å². The Morgan fingerprint density at radius 3 is 2.74 bits per heavy atom. The van der Waals surface area contributed by atoms with E-state index in [2.05, 4.69) is 4.98 Å². The van der Waals surface area contributed by atoms with Crippen LogP contribution in [0.4, 0.5) is 8.78 Å². The lowest BCUT2D eigenvalue weighted by Crippen LogP contribution is -2.30. The fraction of sp³-hybridized carbons (Fsp3) is 0.111. The van der Waals surface area contributed by atoms with Crippen LogP contribution in [0.1, 0.15) is 5.56 Å². The maximum Gasteiger partial charge on any atom is 0.230 e. The first-order chi connectivity index (χ1) is 11.1. The normalized spacial score (nSPS) is 11.5. The third-order valence-electron chi connectivity index (χ3n) is 4.11. The Kier molecular flexibility index (Phi) is 2.91. The molecule has 0 saturated heterocycles. The molecule has 0 aliphatic carbocycles. The predicted molar refractivity (Wildman–Crippen MR) is 82.8 cm³/mol. The molecule has 23 heavy (non-hydrogen) atoms. The highest BCUT2D eigenvalue weighted by atomic mass is 19.1. The van der Waals surface area contributed by atoms with Gasteiger partial charge in [-0.2, -0.15) is 9.37 Å². The Bertz CT molecular complexity index is 1070. The quantitative estimate of drug-likeness (QED) is 0.392. The highest BCUT2D eigenvalue weighted by Crippen LogP contribution is 2.35. The number of pyridine rings is 2. The number of halogens is 2. The van der Waals surface area contributed by atoms with Gasteiger partial charge in [0.2, 0.25) is 17.4 Å². The molecular weight excluding hydrogens is 298 g/mol. The third kappa shape index (κ3) is 2.00. The van der Waals surface area contributed by atoms with Gasteiger partial charge < -0.3 is 4.42 Å². The molecule has 0 amide bonds. The Hall–Kier alpha value is -2.82. The molecule has 0 bridgehead atoms. The van der Waals surface area contributed by atoms with Gasteiger partial charge in [0.25, 0.3) is 0 Å². The molecular formula is C18H13F2N2O+. The second kappa shape index (κ2) is 4.84. The minimum absolute atomic E-state index is 0.105. The molecule has 0 aliphatic rings. The van der Waals surface area contributed by atoms with Crippen molar-refractivity contribution in [3.63, 3.8) is 0 Å². The van der Waals surface area contributed by atoms with Crippen molar-refractivity contribution in [3.8, 4) is 11.3 Å². The van der Waals surface area contributed by atoms with E-state index in [-0.39, 0.29) is 11.5 Å². The Balaban J connectivity index is 2.11. The van der Waals surface area contributed by atoms with Crippen molar-refractivity contribution in [2.75, 3.05) is 0 Å². The van der Waals surface area contributed by atoms with Gasteiger partial charge in [-0.1, -0.05) is 0 Å². The molecule has 0 saturated carbocycles. The third-order valence-corrected chi connectivity index (χ3v) is 4.11. The predicted octanol–water partition coefficient (Wildman–Crippen LogP) is 4.06. The number of hydrogen-bond acceptors (Lipinski definition) is 2. The summed E-state index contributed by atoms with van der Waals surface area (Å²) in [6.07, 6.45) is 1.90. The van der Waals surface area contributed by atoms with Crippen LogP contribution < -0.4 is 4.57 Å². The molecule has 4 aromatic rings. The summed E-state index contributed by atoms with van der Waals surface area (Å²) in [7, 11) is 1.90. The molecule has 0 radical (unpaired) electrons. The second-order valence-electron chi connectivity index (χ2n) is 5.52. The number of benzene rings is 1. The van der Waals surface area contributed by atoms with Crippen molar-refractivity contribution >= 4 is 22.1 Å². The molecule has 5 heteroatoms. The fourth-order valence-corrected chi connectivity index (χ4v) is 2.92. The lowest BCUT2D eigenvalue weighted by Gasteiger charge is -2.06. The molecule has 0 aliphatic heterocycles. The van der Waals surface area contributed by atoms with Crippen molar-refractivity contribution in [1.82, 2.24) is 4.98 Å². The number of hydrogen-bond donors (Lipinski definition) is 0. The van der Waals surface area contributed by atoms with Gasteiger partial charge in [0.1, 0.15) is 18.4 Å². The molecule has 3 aromatic heterocycles. The summed E-state index contributed by atoms with van der Waals surface area (Å²) in [5.74, 6) is -1.02. The van der Waals surface area contributed by atoms with E-state index in [1.807, 2.05) is 36.0 Å². The zero-order chi connectivity index (χ0) is 16.1. The Morgan fingerprint density at radius 1 is 1.13 bits per heavy atom. The Labute approximate surface area is 130 Å². The van der Waals surface area contributed by atoms with Crippen LogP contribution in [0.15, 0.2) is 47.0 Å². The van der Waals surface area contributed by atoms with E-state index in [4.69, 9.17) is 4.42 Å². The molecule has 3 nitrogen and oxygen atoms in total. The van der Waals surface area contributed by atoms with Crippen LogP contribution in [0.2, 0.25) is 0 Å². The zero-order valence-electron chi connectivity index (χ0n) is 12.6. The summed E-state index contributed by atoms with van der Waals surface area (Å²) in [6.45, 7) is 1.73. The number of aryl methyl sites for hydroxylation is 1. The van der Waals surface area contributed by atoms with Crippen molar-refractivity contribution < 1.29 is 17.8 Å². The molecule has 3 heterocycles. The minimum atomic E-state index is -0.650. The monoisotopic (exact) mass is 311 g/mol. The highest BCUT2D eigenvalue weighted by Gasteiger charge is 2.21. The lowest BCUT2D eigenvalue weighted by molar-refractivity contribution is -0.660. The van der Waals surface area contributed by atoms with E-state index >= 15 is 0 Å². The van der Waals surface area contributed by atoms with E-state index in [1.54, 1.807) is 13.0 Å². The fourth-order valence-electron chi connectivity index (χ4n) is 2.92. The van der Waals surface area contributed by atoms with Crippen LogP contribution in [0.25, 0.3) is 33.3 Å². The standard InChI is InChI=1S/C18H13F2N2O/c1-10-12(13-5-3-4-8-22(13)2)9-14-16(17(10)20)11-6-7-15(19)21-18(11)23-14/h3-9H,1-2H3/q+1. The first kappa shape index (κ1) is 13.8. The van der Waals surface area contributed by atoms with Crippen LogP contribution in [-0.2, 0) is 7.05 Å². The summed E-state index contributed by atoms with van der Waals surface area (Å²) in [4.78, 5) is 3.70. The van der Waals surface area contributed by atoms with Gasteiger partial charge in [-0.05, 0) is 36.8 Å². The van der Waals surface area contributed by atoms with Crippen LogP contribution in [0.5, 0.6) is 0 Å². The average molecular weight is 311 g/mol. The van der Waals surface area contributed by atoms with Gasteiger partial charge in [0.05, 0.1) is 16.3 Å². The number of aromatic nitrogens is 2. The summed E-state index contributed by atoms with van der Waals surface area (Å²) in [6, 6.07) is 10.2. The first-order valence-electron chi connectivity index (χ1n) is 7.19. The molecule has 4 rings (SSSR count). The number of nitrogens with zero attached hydrogens (tertiary/aromatic N) is 2. The summed E-state index contributed by atoms with van der Waals surface area (Å²) in [5, 5.41) is 0.818. The smallest absolute Gasteiger partial charge is 0.230 e. The summed E-state index contributed by atoms with van der Waals surface area (Å²) in [5.41, 5.74) is 2.59. The van der Waals surface area contributed by atoms with E-state index in [0.29, 0.717) is 21.9 Å². The minimum Gasteiger partial charge on any atom is -0.437 e. The number of fused-ring (bicyclic) bond motifs is 3. The maximum atomic E-state index is 14.9. The molecule has 0 atom stereocenters. The van der Waals surface area contributed by atoms with Gasteiger partial charge in [0, 0.05) is 12.1 Å². The van der Waals surface area contributed by atoms with Crippen LogP contribution >= 0.6 is 0 Å². The van der Waals surface area contributed by atoms with Crippen molar-refractivity contribution in [2.45, 2.75) is 6.92 Å². The van der Waals surface area contributed by atoms with E-state index in [9.17, 15) is 8.78 Å². The van der Waals surface area contributed by atoms with Crippen molar-refractivity contribution in [1.29, 1.82) is 0 Å². The van der Waals surface area contributed by atoms with E-state index < -0.39 is 5.95 Å². The van der Waals surface area contributed by atoms with Crippen LogP contribution in [0, 0.1) is 18.7 Å². The molecule has 1 aromatic carbocycles. The van der Waals surface area contributed by atoms with Crippen molar-refractivity contribution in [2.24, 2.45) is 7.05 Å². The first-order valence-corrected chi connectivity index (χ1v) is 7.19. The maximum absolute atomic E-state index is 14.9. The van der Waals surface area contributed by atoms with Gasteiger partial charge in [-0.15, -0.1) is 0 Å². The van der Waals surface area contributed by atoms with Gasteiger partial charge in [-0.25, -0.2) is 8.96 Å². The van der Waals surface area contributed by atoms with Crippen LogP contribution in [-0.4, -0.2) is 4.98 Å². The zero-order valence-corrected chi connectivity index (χ0v) is 12.6. The molecule has 0 spiro atoms. The topological polar surface area (TPSA) is 29.9 Å². The second-order valence-corrected chi connectivity index (χ2v) is 5.52. The van der Waals surface area contributed by atoms with Gasteiger partial charge in [0.15, 0.2) is 6.20 Å². The molecule has 0 unspecified atom stereocenters. The Morgan fingerprint density at radius 2 is 1.96 bits per heavy atom. The van der Waals surface area contributed by atoms with E-state index in [1.165, 1.54) is 12.1 Å². The number of furan rings is 1.